The van der Waals surface area contributed by atoms with E-state index < -0.39 is 17.5 Å². The summed E-state index contributed by atoms with van der Waals surface area (Å²) in [7, 11) is 6.80. The minimum Gasteiger partial charge on any atom is -0.383 e. The van der Waals surface area contributed by atoms with Gasteiger partial charge in [0.2, 0.25) is 0 Å². The number of nitrogens with zero attached hydrogens (tertiary/aromatic N) is 2. The van der Waals surface area contributed by atoms with Crippen LogP contribution in [0.5, 0.6) is 0 Å². The molecule has 19 heavy (non-hydrogen) atoms. The average molecular weight is 271 g/mol. The van der Waals surface area contributed by atoms with Crippen LogP contribution >= 0.6 is 0 Å². The van der Waals surface area contributed by atoms with Crippen molar-refractivity contribution in [3.63, 3.8) is 0 Å². The Bertz CT molecular complexity index is 440. The first-order valence-corrected chi connectivity index (χ1v) is 5.93. The van der Waals surface area contributed by atoms with E-state index in [4.69, 9.17) is 0 Å². The number of amides is 1. The zero-order chi connectivity index (χ0) is 14.6. The summed E-state index contributed by atoms with van der Waals surface area (Å²) in [6.45, 7) is 1.17. The summed E-state index contributed by atoms with van der Waals surface area (Å²) in [6, 6.07) is 2.09. The van der Waals surface area contributed by atoms with E-state index in [2.05, 4.69) is 5.32 Å². The van der Waals surface area contributed by atoms with Crippen molar-refractivity contribution in [2.24, 2.45) is 0 Å². The first-order valence-electron chi connectivity index (χ1n) is 5.93. The number of carbonyl (C=O) groups is 1. The van der Waals surface area contributed by atoms with E-state index in [9.17, 15) is 13.6 Å². The zero-order valence-corrected chi connectivity index (χ0v) is 11.6. The van der Waals surface area contributed by atoms with Gasteiger partial charge >= 0.3 is 0 Å². The first-order chi connectivity index (χ1) is 8.86. The fourth-order valence-electron chi connectivity index (χ4n) is 1.61. The summed E-state index contributed by atoms with van der Waals surface area (Å²) in [5, 5.41) is 2.42. The Kier molecular flexibility index (Phi) is 5.23. The summed E-state index contributed by atoms with van der Waals surface area (Å²) in [4.78, 5) is 15.4. The van der Waals surface area contributed by atoms with Gasteiger partial charge in [-0.1, -0.05) is 0 Å². The fourth-order valence-corrected chi connectivity index (χ4v) is 1.61. The Morgan fingerprint density at radius 2 is 1.68 bits per heavy atom. The van der Waals surface area contributed by atoms with Gasteiger partial charge in [-0.05, 0) is 26.2 Å². The van der Waals surface area contributed by atoms with E-state index in [1.807, 2.05) is 19.0 Å². The largest absolute Gasteiger partial charge is 0.383 e. The molecule has 0 aromatic heterocycles. The molecule has 6 heteroatoms. The van der Waals surface area contributed by atoms with Crippen LogP contribution in [0.4, 0.5) is 14.5 Å². The van der Waals surface area contributed by atoms with Gasteiger partial charge in [0, 0.05) is 32.7 Å². The van der Waals surface area contributed by atoms with Gasteiger partial charge in [-0.25, -0.2) is 8.78 Å². The minimum atomic E-state index is -0.771. The second-order valence-corrected chi connectivity index (χ2v) is 4.59. The number of halogens is 2. The van der Waals surface area contributed by atoms with Crippen molar-refractivity contribution >= 4 is 11.6 Å². The number of rotatable bonds is 5. The Morgan fingerprint density at radius 3 is 2.11 bits per heavy atom. The predicted molar refractivity (Wildman–Crippen MR) is 71.4 cm³/mol. The van der Waals surface area contributed by atoms with Gasteiger partial charge in [0.05, 0.1) is 0 Å². The van der Waals surface area contributed by atoms with E-state index in [0.717, 1.165) is 12.1 Å². The summed E-state index contributed by atoms with van der Waals surface area (Å²) in [5.41, 5.74) is -0.220. The van der Waals surface area contributed by atoms with Crippen molar-refractivity contribution in [1.82, 2.24) is 9.80 Å². The highest BCUT2D eigenvalue weighted by Crippen LogP contribution is 2.20. The highest BCUT2D eigenvalue weighted by atomic mass is 19.1. The molecule has 0 saturated carbocycles. The van der Waals surface area contributed by atoms with Crippen LogP contribution in [-0.2, 0) is 0 Å². The molecule has 0 aliphatic carbocycles. The van der Waals surface area contributed by atoms with Crippen molar-refractivity contribution in [2.45, 2.75) is 0 Å². The Morgan fingerprint density at radius 1 is 1.16 bits per heavy atom. The van der Waals surface area contributed by atoms with Gasteiger partial charge in [-0.3, -0.25) is 4.79 Å². The highest BCUT2D eigenvalue weighted by molar-refractivity contribution is 5.94. The summed E-state index contributed by atoms with van der Waals surface area (Å²) in [6.07, 6.45) is 0. The molecule has 1 aromatic rings. The molecule has 1 rings (SSSR count). The molecule has 0 spiro atoms. The maximum absolute atomic E-state index is 13.6. The van der Waals surface area contributed by atoms with E-state index in [-0.39, 0.29) is 11.3 Å². The lowest BCUT2D eigenvalue weighted by atomic mass is 10.1. The van der Waals surface area contributed by atoms with Crippen molar-refractivity contribution in [3.8, 4) is 0 Å². The smallest absolute Gasteiger partial charge is 0.253 e. The predicted octanol–water partition coefficient (Wildman–Crippen LogP) is 1.64. The molecule has 1 aromatic carbocycles. The molecule has 0 bridgehead atoms. The van der Waals surface area contributed by atoms with Crippen LogP contribution in [-0.4, -0.2) is 57.0 Å². The van der Waals surface area contributed by atoms with Crippen LogP contribution < -0.4 is 5.32 Å². The molecule has 0 aliphatic heterocycles. The number of benzene rings is 1. The van der Waals surface area contributed by atoms with Gasteiger partial charge in [0.25, 0.3) is 5.91 Å². The molecular formula is C13H19F2N3O. The van der Waals surface area contributed by atoms with Crippen LogP contribution in [0.1, 0.15) is 10.4 Å². The van der Waals surface area contributed by atoms with Crippen molar-refractivity contribution in [1.29, 1.82) is 0 Å². The minimum absolute atomic E-state index is 0.00950. The number of anilines is 1. The standard InChI is InChI=1S/C13H19F2N3O/c1-16-12-10(14)7-9(8-11(12)15)13(19)18(4)6-5-17(2)3/h7-8,16H,5-6H2,1-4H3. The van der Waals surface area contributed by atoms with Crippen LogP contribution in [0.2, 0.25) is 0 Å². The van der Waals surface area contributed by atoms with E-state index in [0.29, 0.717) is 13.1 Å². The third kappa shape index (κ3) is 3.89. The number of likely N-dealkylation sites (N-methyl/N-ethyl adjacent to an activating group) is 2. The molecule has 0 unspecified atom stereocenters. The van der Waals surface area contributed by atoms with Crippen LogP contribution in [0, 0.1) is 11.6 Å². The molecular weight excluding hydrogens is 252 g/mol. The lowest BCUT2D eigenvalue weighted by Gasteiger charge is -2.20. The number of hydrogen-bond acceptors (Lipinski definition) is 3. The maximum Gasteiger partial charge on any atom is 0.253 e. The molecule has 0 saturated heterocycles. The topological polar surface area (TPSA) is 35.6 Å². The fraction of sp³-hybridized carbons (Fsp3) is 0.462. The maximum atomic E-state index is 13.6. The second kappa shape index (κ2) is 6.47. The van der Waals surface area contributed by atoms with Gasteiger partial charge in [-0.2, -0.15) is 0 Å². The zero-order valence-electron chi connectivity index (χ0n) is 11.6. The third-order valence-electron chi connectivity index (χ3n) is 2.77. The molecule has 4 nitrogen and oxygen atoms in total. The first kappa shape index (κ1) is 15.4. The van der Waals surface area contributed by atoms with E-state index in [1.165, 1.54) is 11.9 Å². The Labute approximate surface area is 112 Å². The van der Waals surface area contributed by atoms with Crippen LogP contribution in [0.3, 0.4) is 0 Å². The summed E-state index contributed by atoms with van der Waals surface area (Å²) in [5.74, 6) is -1.94. The number of nitrogens with one attached hydrogen (secondary N) is 1. The number of carbonyl (C=O) groups excluding carboxylic acids is 1. The van der Waals surface area contributed by atoms with Crippen molar-refractivity contribution in [2.75, 3.05) is 46.6 Å². The van der Waals surface area contributed by atoms with E-state index in [1.54, 1.807) is 7.05 Å². The van der Waals surface area contributed by atoms with Crippen molar-refractivity contribution < 1.29 is 13.6 Å². The molecule has 1 N–H and O–H groups in total. The normalized spacial score (nSPS) is 10.7. The highest BCUT2D eigenvalue weighted by Gasteiger charge is 2.17. The molecule has 0 aliphatic rings. The van der Waals surface area contributed by atoms with Gasteiger partial charge in [0.1, 0.15) is 17.3 Å². The van der Waals surface area contributed by atoms with Gasteiger partial charge in [0.15, 0.2) is 0 Å². The van der Waals surface area contributed by atoms with E-state index >= 15 is 0 Å². The lowest BCUT2D eigenvalue weighted by Crippen LogP contribution is -2.33. The Balaban J connectivity index is 2.88. The Hall–Kier alpha value is -1.69. The SMILES string of the molecule is CNc1c(F)cc(C(=O)N(C)CCN(C)C)cc1F. The molecule has 0 radical (unpaired) electrons. The quantitative estimate of drug-likeness (QED) is 0.884. The molecule has 0 heterocycles. The summed E-state index contributed by atoms with van der Waals surface area (Å²) >= 11 is 0. The number of hydrogen-bond donors (Lipinski definition) is 1. The van der Waals surface area contributed by atoms with Crippen molar-refractivity contribution in [3.05, 3.63) is 29.3 Å². The van der Waals surface area contributed by atoms with Crippen LogP contribution in [0.25, 0.3) is 0 Å². The molecule has 0 fully saturated rings. The van der Waals surface area contributed by atoms with Gasteiger partial charge in [-0.15, -0.1) is 0 Å². The molecule has 0 atom stereocenters. The lowest BCUT2D eigenvalue weighted by molar-refractivity contribution is 0.0785. The second-order valence-electron chi connectivity index (χ2n) is 4.59. The van der Waals surface area contributed by atoms with Crippen LogP contribution in [0.15, 0.2) is 12.1 Å². The summed E-state index contributed by atoms with van der Waals surface area (Å²) < 4.78 is 27.1. The average Bonchev–Trinajstić information content (AvgIpc) is 2.34. The van der Waals surface area contributed by atoms with Gasteiger partial charge < -0.3 is 15.1 Å². The third-order valence-corrected chi connectivity index (χ3v) is 2.77. The molecule has 106 valence electrons. The monoisotopic (exact) mass is 271 g/mol. The molecule has 1 amide bonds.